The van der Waals surface area contributed by atoms with Gasteiger partial charge >= 0.3 is 0 Å². The molecule has 1 nitrogen and oxygen atoms in total. The first-order chi connectivity index (χ1) is 7.19. The Bertz CT molecular complexity index is 375. The van der Waals surface area contributed by atoms with Crippen molar-refractivity contribution >= 4 is 5.57 Å². The predicted octanol–water partition coefficient (Wildman–Crippen LogP) is 3.81. The third-order valence-corrected chi connectivity index (χ3v) is 2.44. The summed E-state index contributed by atoms with van der Waals surface area (Å²) in [5, 5.41) is 0. The van der Waals surface area contributed by atoms with Gasteiger partial charge in [-0.15, -0.1) is 0 Å². The van der Waals surface area contributed by atoms with Crippen molar-refractivity contribution in [1.82, 2.24) is 0 Å². The van der Waals surface area contributed by atoms with Gasteiger partial charge in [-0.05, 0) is 36.1 Å². The molecule has 1 aromatic rings. The van der Waals surface area contributed by atoms with Gasteiger partial charge in [0.15, 0.2) is 0 Å². The second-order valence-electron chi connectivity index (χ2n) is 3.50. The third kappa shape index (κ3) is 2.98. The Kier molecular flexibility index (Phi) is 4.17. The molecule has 0 heterocycles. The lowest BCUT2D eigenvalue weighted by Gasteiger charge is -2.08. The summed E-state index contributed by atoms with van der Waals surface area (Å²) in [6, 6.07) is 8.33. The Hall–Kier alpha value is -1.50. The van der Waals surface area contributed by atoms with E-state index in [1.54, 1.807) is 7.11 Å². The summed E-state index contributed by atoms with van der Waals surface area (Å²) < 4.78 is 5.12. The molecule has 0 N–H and O–H groups in total. The van der Waals surface area contributed by atoms with Gasteiger partial charge in [-0.3, -0.25) is 0 Å². The van der Waals surface area contributed by atoms with Gasteiger partial charge < -0.3 is 4.74 Å². The van der Waals surface area contributed by atoms with Gasteiger partial charge in [0, 0.05) is 0 Å². The lowest BCUT2D eigenvalue weighted by atomic mass is 9.99. The molecule has 1 aromatic carbocycles. The Morgan fingerprint density at radius 3 is 2.67 bits per heavy atom. The highest BCUT2D eigenvalue weighted by atomic mass is 16.5. The molecule has 0 unspecified atom stereocenters. The van der Waals surface area contributed by atoms with E-state index in [9.17, 15) is 0 Å². The van der Waals surface area contributed by atoms with Crippen LogP contribution in [0.25, 0.3) is 5.57 Å². The normalized spacial score (nSPS) is 11.3. The zero-order valence-corrected chi connectivity index (χ0v) is 9.71. The minimum Gasteiger partial charge on any atom is -0.501 e. The molecule has 0 spiro atoms. The number of methoxy groups -OCH3 is 1. The van der Waals surface area contributed by atoms with Gasteiger partial charge in [0.05, 0.1) is 12.9 Å². The zero-order chi connectivity index (χ0) is 11.3. The monoisotopic (exact) mass is 202 g/mol. The van der Waals surface area contributed by atoms with Crippen LogP contribution in [0.5, 0.6) is 0 Å². The SMILES string of the molecule is C=C(/C=C(\C)OC)c1ccccc1CC. The van der Waals surface area contributed by atoms with Crippen LogP contribution in [0.3, 0.4) is 0 Å². The Morgan fingerprint density at radius 2 is 2.07 bits per heavy atom. The fourth-order valence-corrected chi connectivity index (χ4v) is 1.52. The average Bonchev–Trinajstić information content (AvgIpc) is 2.28. The summed E-state index contributed by atoms with van der Waals surface area (Å²) in [7, 11) is 1.67. The molecule has 80 valence electrons. The molecule has 0 saturated heterocycles. The minimum absolute atomic E-state index is 0.880. The van der Waals surface area contributed by atoms with Gasteiger partial charge in [-0.2, -0.15) is 0 Å². The van der Waals surface area contributed by atoms with Crippen molar-refractivity contribution in [3.8, 4) is 0 Å². The van der Waals surface area contributed by atoms with Crippen molar-refractivity contribution in [3.63, 3.8) is 0 Å². The van der Waals surface area contributed by atoms with E-state index in [0.29, 0.717) is 0 Å². The molecular weight excluding hydrogens is 184 g/mol. The van der Waals surface area contributed by atoms with E-state index >= 15 is 0 Å². The van der Waals surface area contributed by atoms with E-state index < -0.39 is 0 Å². The molecule has 0 radical (unpaired) electrons. The number of allylic oxidation sites excluding steroid dienone is 3. The van der Waals surface area contributed by atoms with Gasteiger partial charge in [0.1, 0.15) is 0 Å². The van der Waals surface area contributed by atoms with Crippen LogP contribution in [0.4, 0.5) is 0 Å². The maximum atomic E-state index is 5.12. The predicted molar refractivity (Wildman–Crippen MR) is 65.6 cm³/mol. The molecule has 0 fully saturated rings. The summed E-state index contributed by atoms with van der Waals surface area (Å²) in [6.45, 7) is 8.15. The summed E-state index contributed by atoms with van der Waals surface area (Å²) in [5.41, 5.74) is 3.53. The number of aryl methyl sites for hydroxylation is 1. The van der Waals surface area contributed by atoms with E-state index in [0.717, 1.165) is 17.8 Å². The fraction of sp³-hybridized carbons (Fsp3) is 0.286. The molecule has 0 bridgehead atoms. The van der Waals surface area contributed by atoms with Gasteiger partial charge in [-0.1, -0.05) is 37.8 Å². The number of rotatable bonds is 4. The van der Waals surface area contributed by atoms with Crippen molar-refractivity contribution in [3.05, 3.63) is 53.8 Å². The number of hydrogen-bond donors (Lipinski definition) is 0. The standard InChI is InChI=1S/C14H18O/c1-5-13-8-6-7-9-14(13)11(2)10-12(3)15-4/h6-10H,2,5H2,1,3-4H3/b12-10+. The Morgan fingerprint density at radius 1 is 1.40 bits per heavy atom. The molecule has 0 atom stereocenters. The van der Waals surface area contributed by atoms with Crippen LogP contribution in [0.2, 0.25) is 0 Å². The van der Waals surface area contributed by atoms with Crippen LogP contribution < -0.4 is 0 Å². The number of hydrogen-bond acceptors (Lipinski definition) is 1. The molecule has 0 aliphatic rings. The molecule has 15 heavy (non-hydrogen) atoms. The topological polar surface area (TPSA) is 9.23 Å². The highest BCUT2D eigenvalue weighted by molar-refractivity contribution is 5.74. The van der Waals surface area contributed by atoms with E-state index in [-0.39, 0.29) is 0 Å². The highest BCUT2D eigenvalue weighted by Gasteiger charge is 2.01. The summed E-state index contributed by atoms with van der Waals surface area (Å²) >= 11 is 0. The maximum Gasteiger partial charge on any atom is 0.0930 e. The summed E-state index contributed by atoms with van der Waals surface area (Å²) in [4.78, 5) is 0. The van der Waals surface area contributed by atoms with Crippen LogP contribution in [0.1, 0.15) is 25.0 Å². The van der Waals surface area contributed by atoms with Crippen LogP contribution in [0, 0.1) is 0 Å². The Labute approximate surface area is 92.1 Å². The molecule has 0 aromatic heterocycles. The van der Waals surface area contributed by atoms with Gasteiger partial charge in [0.2, 0.25) is 0 Å². The fourth-order valence-electron chi connectivity index (χ4n) is 1.52. The Balaban J connectivity index is 3.01. The van der Waals surface area contributed by atoms with Crippen LogP contribution in [0.15, 0.2) is 42.7 Å². The number of ether oxygens (including phenoxy) is 1. The second-order valence-corrected chi connectivity index (χ2v) is 3.50. The largest absolute Gasteiger partial charge is 0.501 e. The molecule has 0 aliphatic carbocycles. The van der Waals surface area contributed by atoms with Crippen molar-refractivity contribution in [1.29, 1.82) is 0 Å². The highest BCUT2D eigenvalue weighted by Crippen LogP contribution is 2.20. The first kappa shape index (κ1) is 11.6. The van der Waals surface area contributed by atoms with Crippen LogP contribution >= 0.6 is 0 Å². The van der Waals surface area contributed by atoms with Gasteiger partial charge in [-0.25, -0.2) is 0 Å². The summed E-state index contributed by atoms with van der Waals surface area (Å²) in [5.74, 6) is 0.880. The molecule has 0 aliphatic heterocycles. The minimum atomic E-state index is 0.880. The molecule has 1 rings (SSSR count). The van der Waals surface area contributed by atoms with Crippen LogP contribution in [-0.4, -0.2) is 7.11 Å². The lowest BCUT2D eigenvalue weighted by Crippen LogP contribution is -1.90. The van der Waals surface area contributed by atoms with Crippen LogP contribution in [-0.2, 0) is 11.2 Å². The molecule has 0 amide bonds. The first-order valence-electron chi connectivity index (χ1n) is 5.18. The molecule has 1 heteroatoms. The lowest BCUT2D eigenvalue weighted by molar-refractivity contribution is 0.294. The maximum absolute atomic E-state index is 5.12. The van der Waals surface area contributed by atoms with Crippen molar-refractivity contribution in [2.24, 2.45) is 0 Å². The first-order valence-corrected chi connectivity index (χ1v) is 5.18. The van der Waals surface area contributed by atoms with E-state index in [1.165, 1.54) is 11.1 Å². The molecule has 0 saturated carbocycles. The molecular formula is C14H18O. The van der Waals surface area contributed by atoms with Crippen molar-refractivity contribution in [2.45, 2.75) is 20.3 Å². The van der Waals surface area contributed by atoms with E-state index in [2.05, 4.69) is 31.7 Å². The van der Waals surface area contributed by atoms with Crippen molar-refractivity contribution < 1.29 is 4.74 Å². The van der Waals surface area contributed by atoms with E-state index in [4.69, 9.17) is 4.74 Å². The number of benzene rings is 1. The third-order valence-electron chi connectivity index (χ3n) is 2.44. The smallest absolute Gasteiger partial charge is 0.0930 e. The quantitative estimate of drug-likeness (QED) is 0.533. The van der Waals surface area contributed by atoms with E-state index in [1.807, 2.05) is 19.1 Å². The van der Waals surface area contributed by atoms with Crippen molar-refractivity contribution in [2.75, 3.05) is 7.11 Å². The summed E-state index contributed by atoms with van der Waals surface area (Å²) in [6.07, 6.45) is 2.99. The zero-order valence-electron chi connectivity index (χ0n) is 9.71. The second kappa shape index (κ2) is 5.40. The average molecular weight is 202 g/mol. The van der Waals surface area contributed by atoms with Gasteiger partial charge in [0.25, 0.3) is 0 Å².